The first-order valence-corrected chi connectivity index (χ1v) is 7.21. The van der Waals surface area contributed by atoms with Crippen molar-refractivity contribution in [3.05, 3.63) is 59.7 Å². The molecule has 0 bridgehead atoms. The van der Waals surface area contributed by atoms with Gasteiger partial charge in [0.15, 0.2) is 0 Å². The van der Waals surface area contributed by atoms with Crippen LogP contribution in [0.1, 0.15) is 18.1 Å². The molecule has 2 aromatic rings. The van der Waals surface area contributed by atoms with E-state index in [0.29, 0.717) is 12.6 Å². The number of hydrogen-bond donors (Lipinski definition) is 0. The smallest absolute Gasteiger partial charge is 0.136 e. The van der Waals surface area contributed by atoms with Crippen LogP contribution in [-0.4, -0.2) is 20.1 Å². The molecule has 0 amide bonds. The second-order valence-corrected chi connectivity index (χ2v) is 6.16. The Bertz CT molecular complexity index is 604. The second-order valence-electron chi connectivity index (χ2n) is 6.16. The van der Waals surface area contributed by atoms with Crippen molar-refractivity contribution in [3.8, 4) is 5.75 Å². The predicted octanol–water partition coefficient (Wildman–Crippen LogP) is 3.78. The third kappa shape index (κ3) is 2.32. The second kappa shape index (κ2) is 4.95. The highest BCUT2D eigenvalue weighted by Gasteiger charge is 2.36. The lowest BCUT2D eigenvalue weighted by atomic mass is 10.1. The lowest BCUT2D eigenvalue weighted by Gasteiger charge is -2.29. The highest BCUT2D eigenvalue weighted by atomic mass is 16.5. The zero-order valence-electron chi connectivity index (χ0n) is 12.5. The standard InChI is InChI=1S/C18H22NO/c1-14-11-16-12-17(9-10-18(16)19(14,2)3)20-13-15-7-5-4-6-8-15/h4-10,12,14H,11,13H2,1-3H3/q+1. The molecule has 1 unspecified atom stereocenters. The molecule has 2 nitrogen and oxygen atoms in total. The summed E-state index contributed by atoms with van der Waals surface area (Å²) < 4.78 is 6.88. The van der Waals surface area contributed by atoms with Crippen molar-refractivity contribution in [2.75, 3.05) is 14.1 Å². The number of quaternary nitrogens is 1. The topological polar surface area (TPSA) is 9.23 Å². The lowest BCUT2D eigenvalue weighted by molar-refractivity contribution is 0.306. The molecule has 1 aliphatic rings. The molecule has 2 heteroatoms. The molecular formula is C18H22NO+. The number of rotatable bonds is 3. The normalized spacial score (nSPS) is 19.6. The Morgan fingerprint density at radius 2 is 1.85 bits per heavy atom. The van der Waals surface area contributed by atoms with Crippen LogP contribution in [0.3, 0.4) is 0 Å². The maximum absolute atomic E-state index is 5.91. The zero-order chi connectivity index (χ0) is 14.2. The molecule has 1 aliphatic heterocycles. The van der Waals surface area contributed by atoms with Crippen LogP contribution in [0.4, 0.5) is 5.69 Å². The van der Waals surface area contributed by atoms with Crippen LogP contribution in [0.5, 0.6) is 5.75 Å². The van der Waals surface area contributed by atoms with Crippen molar-refractivity contribution < 1.29 is 4.74 Å². The molecule has 0 radical (unpaired) electrons. The van der Waals surface area contributed by atoms with Gasteiger partial charge in [-0.1, -0.05) is 30.3 Å². The van der Waals surface area contributed by atoms with Crippen LogP contribution in [0.25, 0.3) is 0 Å². The monoisotopic (exact) mass is 268 g/mol. The van der Waals surface area contributed by atoms with Crippen LogP contribution < -0.4 is 9.22 Å². The number of likely N-dealkylation sites (N-methyl/N-ethyl adjacent to an activating group) is 1. The molecule has 1 heterocycles. The van der Waals surface area contributed by atoms with E-state index in [-0.39, 0.29) is 0 Å². The van der Waals surface area contributed by atoms with Crippen molar-refractivity contribution in [1.29, 1.82) is 0 Å². The van der Waals surface area contributed by atoms with Gasteiger partial charge < -0.3 is 4.74 Å². The molecule has 0 spiro atoms. The first-order chi connectivity index (χ1) is 9.57. The Hall–Kier alpha value is -1.80. The van der Waals surface area contributed by atoms with Gasteiger partial charge in [0.05, 0.1) is 20.1 Å². The zero-order valence-corrected chi connectivity index (χ0v) is 12.5. The fourth-order valence-electron chi connectivity index (χ4n) is 2.90. The van der Waals surface area contributed by atoms with Crippen LogP contribution >= 0.6 is 0 Å². The number of fused-ring (bicyclic) bond motifs is 1. The van der Waals surface area contributed by atoms with E-state index in [1.54, 1.807) is 0 Å². The van der Waals surface area contributed by atoms with Gasteiger partial charge in [-0.2, -0.15) is 0 Å². The summed E-state index contributed by atoms with van der Waals surface area (Å²) in [5.41, 5.74) is 4.05. The van der Waals surface area contributed by atoms with E-state index < -0.39 is 0 Å². The summed E-state index contributed by atoms with van der Waals surface area (Å²) >= 11 is 0. The van der Waals surface area contributed by atoms with Crippen LogP contribution in [0.15, 0.2) is 48.5 Å². The molecule has 0 saturated heterocycles. The Balaban J connectivity index is 1.76. The summed E-state index contributed by atoms with van der Waals surface area (Å²) in [5.74, 6) is 0.974. The molecule has 20 heavy (non-hydrogen) atoms. The minimum absolute atomic E-state index is 0.632. The first kappa shape index (κ1) is 13.2. The predicted molar refractivity (Wildman–Crippen MR) is 84.0 cm³/mol. The van der Waals surface area contributed by atoms with Crippen LogP contribution in [0.2, 0.25) is 0 Å². The average molecular weight is 268 g/mol. The molecule has 0 fully saturated rings. The maximum Gasteiger partial charge on any atom is 0.136 e. The highest BCUT2D eigenvalue weighted by Crippen LogP contribution is 2.38. The van der Waals surface area contributed by atoms with Gasteiger partial charge in [0.1, 0.15) is 18.0 Å². The molecule has 0 aliphatic carbocycles. The highest BCUT2D eigenvalue weighted by molar-refractivity contribution is 5.57. The number of nitrogens with zero attached hydrogens (tertiary/aromatic N) is 1. The Labute approximate surface area is 121 Å². The van der Waals surface area contributed by atoms with E-state index >= 15 is 0 Å². The Kier molecular flexibility index (Phi) is 3.27. The molecule has 1 atom stereocenters. The summed E-state index contributed by atoms with van der Waals surface area (Å²) in [6.07, 6.45) is 1.13. The molecule has 104 valence electrons. The summed E-state index contributed by atoms with van der Waals surface area (Å²) in [4.78, 5) is 0. The van der Waals surface area contributed by atoms with Crippen LogP contribution in [0, 0.1) is 0 Å². The van der Waals surface area contributed by atoms with Gasteiger partial charge in [-0.25, -0.2) is 0 Å². The minimum atomic E-state index is 0.632. The van der Waals surface area contributed by atoms with Gasteiger partial charge in [0.2, 0.25) is 0 Å². The van der Waals surface area contributed by atoms with E-state index in [4.69, 9.17) is 4.74 Å². The van der Waals surface area contributed by atoms with Crippen LogP contribution in [-0.2, 0) is 13.0 Å². The van der Waals surface area contributed by atoms with Gasteiger partial charge in [-0.05, 0) is 24.6 Å². The third-order valence-electron chi connectivity index (χ3n) is 4.54. The Morgan fingerprint density at radius 1 is 1.10 bits per heavy atom. The Morgan fingerprint density at radius 3 is 2.60 bits per heavy atom. The SMILES string of the molecule is CC1Cc2cc(OCc3ccccc3)ccc2[N+]1(C)C. The van der Waals surface area contributed by atoms with Crippen molar-refractivity contribution in [2.24, 2.45) is 0 Å². The molecular weight excluding hydrogens is 246 g/mol. The minimum Gasteiger partial charge on any atom is -0.489 e. The largest absolute Gasteiger partial charge is 0.489 e. The number of hydrogen-bond acceptors (Lipinski definition) is 1. The van der Waals surface area contributed by atoms with Gasteiger partial charge in [0.25, 0.3) is 0 Å². The molecule has 0 saturated carbocycles. The van der Waals surface area contributed by atoms with E-state index in [0.717, 1.165) is 16.7 Å². The third-order valence-corrected chi connectivity index (χ3v) is 4.54. The van der Waals surface area contributed by atoms with Crippen molar-refractivity contribution in [1.82, 2.24) is 4.48 Å². The number of benzene rings is 2. The fourth-order valence-corrected chi connectivity index (χ4v) is 2.90. The molecule has 3 rings (SSSR count). The van der Waals surface area contributed by atoms with E-state index in [9.17, 15) is 0 Å². The van der Waals surface area contributed by atoms with E-state index in [1.807, 2.05) is 18.2 Å². The number of ether oxygens (including phenoxy) is 1. The summed E-state index contributed by atoms with van der Waals surface area (Å²) in [6.45, 7) is 2.94. The summed E-state index contributed by atoms with van der Waals surface area (Å²) in [6, 6.07) is 17.5. The first-order valence-electron chi connectivity index (χ1n) is 7.21. The van der Waals surface area contributed by atoms with E-state index in [2.05, 4.69) is 51.4 Å². The quantitative estimate of drug-likeness (QED) is 0.770. The van der Waals surface area contributed by atoms with Gasteiger partial charge in [-0.15, -0.1) is 0 Å². The summed E-state index contributed by atoms with van der Waals surface area (Å²) in [5, 5.41) is 0. The fraction of sp³-hybridized carbons (Fsp3) is 0.333. The van der Waals surface area contributed by atoms with Crippen molar-refractivity contribution >= 4 is 5.69 Å². The van der Waals surface area contributed by atoms with E-state index in [1.165, 1.54) is 16.8 Å². The van der Waals surface area contributed by atoms with Gasteiger partial charge >= 0.3 is 0 Å². The van der Waals surface area contributed by atoms with Crippen molar-refractivity contribution in [2.45, 2.75) is 26.0 Å². The average Bonchev–Trinajstić information content (AvgIpc) is 2.68. The molecule has 2 aromatic carbocycles. The maximum atomic E-state index is 5.91. The molecule has 0 N–H and O–H groups in total. The van der Waals surface area contributed by atoms with Crippen molar-refractivity contribution in [3.63, 3.8) is 0 Å². The lowest BCUT2D eigenvalue weighted by Crippen LogP contribution is -2.45. The van der Waals surface area contributed by atoms with Gasteiger partial charge in [-0.3, -0.25) is 4.48 Å². The summed E-state index contributed by atoms with van der Waals surface area (Å²) in [7, 11) is 4.56. The van der Waals surface area contributed by atoms with Gasteiger partial charge in [0, 0.05) is 18.1 Å². The molecule has 0 aromatic heterocycles.